The molecule has 1 N–H and O–H groups in total. The maximum absolute atomic E-state index is 12.9. The SMILES string of the molecule is Cc1ccc(-c2nc(CSc3nnc(Nc4ccc(F)cc4)s3)no2)cc1. The van der Waals surface area contributed by atoms with Crippen LogP contribution in [0.25, 0.3) is 11.5 Å². The van der Waals surface area contributed by atoms with Crippen LogP contribution in [0.4, 0.5) is 15.2 Å². The van der Waals surface area contributed by atoms with Crippen LogP contribution >= 0.6 is 23.1 Å². The van der Waals surface area contributed by atoms with Gasteiger partial charge in [-0.15, -0.1) is 10.2 Å². The molecule has 0 amide bonds. The van der Waals surface area contributed by atoms with Crippen LogP contribution < -0.4 is 5.32 Å². The van der Waals surface area contributed by atoms with Gasteiger partial charge in [0.2, 0.25) is 5.13 Å². The molecular weight excluding hydrogens is 385 g/mol. The first-order chi connectivity index (χ1) is 13.2. The van der Waals surface area contributed by atoms with Crippen molar-refractivity contribution >= 4 is 33.9 Å². The van der Waals surface area contributed by atoms with Gasteiger partial charge in [0.15, 0.2) is 10.2 Å². The third-order valence-corrected chi connectivity index (χ3v) is 5.56. The van der Waals surface area contributed by atoms with Gasteiger partial charge in [0.1, 0.15) is 5.82 Å². The van der Waals surface area contributed by atoms with Crippen molar-refractivity contribution in [2.24, 2.45) is 0 Å². The van der Waals surface area contributed by atoms with E-state index < -0.39 is 0 Å². The van der Waals surface area contributed by atoms with Crippen LogP contribution in [0, 0.1) is 12.7 Å². The predicted molar refractivity (Wildman–Crippen MR) is 104 cm³/mol. The van der Waals surface area contributed by atoms with Crippen molar-refractivity contribution < 1.29 is 8.91 Å². The number of hydrogen-bond donors (Lipinski definition) is 1. The maximum atomic E-state index is 12.9. The molecule has 0 bridgehead atoms. The number of rotatable bonds is 6. The molecule has 0 aliphatic carbocycles. The van der Waals surface area contributed by atoms with Crippen LogP contribution in [0.3, 0.4) is 0 Å². The first-order valence-corrected chi connectivity index (χ1v) is 9.84. The Morgan fingerprint density at radius 1 is 1.07 bits per heavy atom. The Bertz CT molecular complexity index is 1030. The van der Waals surface area contributed by atoms with Gasteiger partial charge in [0.05, 0.1) is 5.75 Å². The van der Waals surface area contributed by atoms with Crippen LogP contribution in [-0.4, -0.2) is 20.3 Å². The summed E-state index contributed by atoms with van der Waals surface area (Å²) < 4.78 is 19.0. The minimum Gasteiger partial charge on any atom is -0.334 e. The van der Waals surface area contributed by atoms with Crippen LogP contribution in [0.5, 0.6) is 0 Å². The van der Waals surface area contributed by atoms with Crippen LogP contribution in [-0.2, 0) is 5.75 Å². The van der Waals surface area contributed by atoms with E-state index in [1.54, 1.807) is 12.1 Å². The Hall–Kier alpha value is -2.78. The number of aromatic nitrogens is 4. The maximum Gasteiger partial charge on any atom is 0.257 e. The molecule has 0 unspecified atom stereocenters. The number of hydrogen-bond acceptors (Lipinski definition) is 8. The number of halogens is 1. The highest BCUT2D eigenvalue weighted by molar-refractivity contribution is 8.00. The van der Waals surface area contributed by atoms with E-state index >= 15 is 0 Å². The zero-order valence-corrected chi connectivity index (χ0v) is 15.9. The van der Waals surface area contributed by atoms with Crippen molar-refractivity contribution in [1.29, 1.82) is 0 Å². The van der Waals surface area contributed by atoms with Crippen molar-refractivity contribution in [3.63, 3.8) is 0 Å². The third-order valence-electron chi connectivity index (χ3n) is 3.59. The molecule has 0 saturated heterocycles. The van der Waals surface area contributed by atoms with E-state index in [4.69, 9.17) is 4.52 Å². The first-order valence-electron chi connectivity index (χ1n) is 8.04. The van der Waals surface area contributed by atoms with Crippen LogP contribution in [0.15, 0.2) is 57.4 Å². The third kappa shape index (κ3) is 4.50. The normalized spacial score (nSPS) is 10.9. The predicted octanol–water partition coefficient (Wildman–Crippen LogP) is 5.07. The van der Waals surface area contributed by atoms with Crippen molar-refractivity contribution in [3.8, 4) is 11.5 Å². The lowest BCUT2D eigenvalue weighted by atomic mass is 10.1. The number of nitrogens with one attached hydrogen (secondary N) is 1. The summed E-state index contributed by atoms with van der Waals surface area (Å²) in [5.74, 6) is 1.35. The number of anilines is 2. The monoisotopic (exact) mass is 399 g/mol. The second-order valence-corrected chi connectivity index (χ2v) is 7.88. The summed E-state index contributed by atoms with van der Waals surface area (Å²) in [6.45, 7) is 2.03. The van der Waals surface area contributed by atoms with Gasteiger partial charge in [-0.3, -0.25) is 0 Å². The van der Waals surface area contributed by atoms with E-state index in [-0.39, 0.29) is 5.82 Å². The smallest absolute Gasteiger partial charge is 0.257 e. The molecule has 136 valence electrons. The molecule has 4 rings (SSSR count). The molecule has 6 nitrogen and oxygen atoms in total. The second kappa shape index (κ2) is 7.85. The molecule has 0 saturated carbocycles. The molecule has 4 aromatic rings. The average Bonchev–Trinajstić information content (AvgIpc) is 3.32. The molecule has 27 heavy (non-hydrogen) atoms. The summed E-state index contributed by atoms with van der Waals surface area (Å²) in [5.41, 5.74) is 2.83. The minimum atomic E-state index is -0.279. The molecule has 9 heteroatoms. The van der Waals surface area contributed by atoms with E-state index in [0.29, 0.717) is 22.6 Å². The summed E-state index contributed by atoms with van der Waals surface area (Å²) in [7, 11) is 0. The Morgan fingerprint density at radius 2 is 1.85 bits per heavy atom. The van der Waals surface area contributed by atoms with Gasteiger partial charge >= 0.3 is 0 Å². The Morgan fingerprint density at radius 3 is 2.63 bits per heavy atom. The lowest BCUT2D eigenvalue weighted by molar-refractivity contribution is 0.425. The van der Waals surface area contributed by atoms with E-state index in [1.165, 1.54) is 40.8 Å². The molecule has 0 aliphatic heterocycles. The Kier molecular flexibility index (Phi) is 5.12. The molecule has 0 aliphatic rings. The molecule has 0 fully saturated rings. The van der Waals surface area contributed by atoms with Crippen molar-refractivity contribution in [2.75, 3.05) is 5.32 Å². The van der Waals surface area contributed by atoms with E-state index in [2.05, 4.69) is 25.7 Å². The van der Waals surface area contributed by atoms with Crippen LogP contribution in [0.1, 0.15) is 11.4 Å². The standard InChI is InChI=1S/C18H14FN5OS2/c1-11-2-4-12(5-3-11)16-21-15(24-25-16)10-26-18-23-22-17(27-18)20-14-8-6-13(19)7-9-14/h2-9H,10H2,1H3,(H,20,22). The zero-order chi connectivity index (χ0) is 18.6. The van der Waals surface area contributed by atoms with Gasteiger partial charge in [-0.05, 0) is 43.3 Å². The molecule has 2 heterocycles. The number of aryl methyl sites for hydroxylation is 1. The fourth-order valence-corrected chi connectivity index (χ4v) is 3.84. The molecule has 0 radical (unpaired) electrons. The van der Waals surface area contributed by atoms with E-state index in [1.807, 2.05) is 31.2 Å². The van der Waals surface area contributed by atoms with E-state index in [0.717, 1.165) is 15.6 Å². The quantitative estimate of drug-likeness (QED) is 0.454. The molecular formula is C18H14FN5OS2. The Labute approximate surface area is 162 Å². The van der Waals surface area contributed by atoms with Gasteiger partial charge < -0.3 is 9.84 Å². The van der Waals surface area contributed by atoms with Gasteiger partial charge in [-0.1, -0.05) is 46.0 Å². The molecule has 2 aromatic carbocycles. The summed E-state index contributed by atoms with van der Waals surface area (Å²) in [4.78, 5) is 4.41. The molecule has 0 spiro atoms. The largest absolute Gasteiger partial charge is 0.334 e. The fourth-order valence-electron chi connectivity index (χ4n) is 2.23. The van der Waals surface area contributed by atoms with Gasteiger partial charge in [-0.25, -0.2) is 4.39 Å². The summed E-state index contributed by atoms with van der Waals surface area (Å²) in [6.07, 6.45) is 0. The highest BCUT2D eigenvalue weighted by Gasteiger charge is 2.11. The first kappa shape index (κ1) is 17.6. The number of thioether (sulfide) groups is 1. The molecule has 2 aromatic heterocycles. The highest BCUT2D eigenvalue weighted by atomic mass is 32.2. The topological polar surface area (TPSA) is 76.7 Å². The van der Waals surface area contributed by atoms with E-state index in [9.17, 15) is 4.39 Å². The van der Waals surface area contributed by atoms with Gasteiger partial charge in [0, 0.05) is 11.3 Å². The van der Waals surface area contributed by atoms with Crippen LogP contribution in [0.2, 0.25) is 0 Å². The second-order valence-electron chi connectivity index (χ2n) is 5.68. The minimum absolute atomic E-state index is 0.279. The van der Waals surface area contributed by atoms with Crippen molar-refractivity contribution in [1.82, 2.24) is 20.3 Å². The lowest BCUT2D eigenvalue weighted by Gasteiger charge is -2.00. The van der Waals surface area contributed by atoms with Crippen molar-refractivity contribution in [3.05, 3.63) is 65.7 Å². The number of benzene rings is 2. The Balaban J connectivity index is 1.36. The summed E-state index contributed by atoms with van der Waals surface area (Å²) in [5, 5.41) is 16.0. The average molecular weight is 399 g/mol. The lowest BCUT2D eigenvalue weighted by Crippen LogP contribution is -1.89. The highest BCUT2D eigenvalue weighted by Crippen LogP contribution is 2.30. The zero-order valence-electron chi connectivity index (χ0n) is 14.2. The van der Waals surface area contributed by atoms with Gasteiger partial charge in [0.25, 0.3) is 5.89 Å². The fraction of sp³-hybridized carbons (Fsp3) is 0.111. The molecule has 0 atom stereocenters. The number of nitrogens with zero attached hydrogens (tertiary/aromatic N) is 4. The summed E-state index contributed by atoms with van der Waals surface area (Å²) >= 11 is 2.88. The van der Waals surface area contributed by atoms with Crippen molar-refractivity contribution in [2.45, 2.75) is 17.0 Å². The van der Waals surface area contributed by atoms with Gasteiger partial charge in [-0.2, -0.15) is 4.98 Å². The summed E-state index contributed by atoms with van der Waals surface area (Å²) in [6, 6.07) is 14.0.